The molecule has 0 spiro atoms. The number of hydrogen-bond donors (Lipinski definition) is 2. The lowest BCUT2D eigenvalue weighted by molar-refractivity contribution is -0.395. The number of benzene rings is 2. The van der Waals surface area contributed by atoms with E-state index >= 15 is 0 Å². The fraction of sp³-hybridized carbons (Fsp3) is 0. The minimum Gasteiger partial charge on any atom is -0.366 e. The van der Waals surface area contributed by atoms with E-state index < -0.39 is 76.5 Å². The molecular formula is C14H8N6O10. The number of nitro groups is 4. The SMILES string of the molecule is NC(=O)c1cc([N+](=O)[O-])cc([N+](=O)[O-])c1-c1c(C(N)=O)cc([N+](=O)[O-])cc1[N+](=O)[O-]. The van der Waals surface area contributed by atoms with E-state index in [-0.39, 0.29) is 0 Å². The highest BCUT2D eigenvalue weighted by molar-refractivity contribution is 6.10. The van der Waals surface area contributed by atoms with E-state index in [1.807, 2.05) is 0 Å². The Morgan fingerprint density at radius 1 is 0.600 bits per heavy atom. The normalized spacial score (nSPS) is 10.3. The summed E-state index contributed by atoms with van der Waals surface area (Å²) >= 11 is 0. The molecule has 2 rings (SSSR count). The highest BCUT2D eigenvalue weighted by Gasteiger charge is 2.36. The minimum absolute atomic E-state index is 0.387. The van der Waals surface area contributed by atoms with E-state index in [2.05, 4.69) is 0 Å². The highest BCUT2D eigenvalue weighted by atomic mass is 16.6. The lowest BCUT2D eigenvalue weighted by Crippen LogP contribution is -2.18. The third-order valence-electron chi connectivity index (χ3n) is 3.80. The van der Waals surface area contributed by atoms with Gasteiger partial charge in [-0.05, 0) is 0 Å². The molecule has 154 valence electrons. The molecule has 0 aliphatic carbocycles. The highest BCUT2D eigenvalue weighted by Crippen LogP contribution is 2.44. The number of nitro benzene ring substituents is 4. The first-order valence-corrected chi connectivity index (χ1v) is 7.40. The van der Waals surface area contributed by atoms with Crippen molar-refractivity contribution in [1.82, 2.24) is 0 Å². The van der Waals surface area contributed by atoms with Gasteiger partial charge in [0.1, 0.15) is 0 Å². The van der Waals surface area contributed by atoms with Crippen molar-refractivity contribution in [3.8, 4) is 11.1 Å². The van der Waals surface area contributed by atoms with Gasteiger partial charge in [-0.1, -0.05) is 0 Å². The Labute approximate surface area is 163 Å². The Morgan fingerprint density at radius 2 is 0.900 bits per heavy atom. The molecule has 0 bridgehead atoms. The molecule has 0 unspecified atom stereocenters. The Morgan fingerprint density at radius 3 is 1.10 bits per heavy atom. The molecular weight excluding hydrogens is 412 g/mol. The molecule has 0 aliphatic rings. The summed E-state index contributed by atoms with van der Waals surface area (Å²) in [6.07, 6.45) is 0. The summed E-state index contributed by atoms with van der Waals surface area (Å²) < 4.78 is 0. The van der Waals surface area contributed by atoms with Gasteiger partial charge in [0, 0.05) is 12.1 Å². The van der Waals surface area contributed by atoms with E-state index in [0.717, 1.165) is 0 Å². The summed E-state index contributed by atoms with van der Waals surface area (Å²) in [6, 6.07) is 1.80. The number of hydrogen-bond acceptors (Lipinski definition) is 10. The van der Waals surface area contributed by atoms with Gasteiger partial charge in [0.2, 0.25) is 11.8 Å². The summed E-state index contributed by atoms with van der Waals surface area (Å²) in [5, 5.41) is 45.1. The molecule has 30 heavy (non-hydrogen) atoms. The Hall–Kier alpha value is -5.02. The molecule has 2 aromatic rings. The average Bonchev–Trinajstić information content (AvgIpc) is 2.65. The van der Waals surface area contributed by atoms with Crippen LogP contribution >= 0.6 is 0 Å². The molecule has 0 heterocycles. The van der Waals surface area contributed by atoms with Crippen LogP contribution in [0.3, 0.4) is 0 Å². The van der Waals surface area contributed by atoms with Gasteiger partial charge in [-0.15, -0.1) is 0 Å². The van der Waals surface area contributed by atoms with Crippen molar-refractivity contribution in [3.63, 3.8) is 0 Å². The first-order valence-electron chi connectivity index (χ1n) is 7.40. The molecule has 0 aliphatic heterocycles. The predicted molar refractivity (Wildman–Crippen MR) is 95.5 cm³/mol. The van der Waals surface area contributed by atoms with Crippen LogP contribution in [0.25, 0.3) is 11.1 Å². The van der Waals surface area contributed by atoms with Crippen molar-refractivity contribution in [2.45, 2.75) is 0 Å². The van der Waals surface area contributed by atoms with Crippen LogP contribution in [0.1, 0.15) is 20.7 Å². The van der Waals surface area contributed by atoms with E-state index in [9.17, 15) is 50.0 Å². The smallest absolute Gasteiger partial charge is 0.285 e. The minimum atomic E-state index is -1.46. The van der Waals surface area contributed by atoms with Crippen LogP contribution in [-0.2, 0) is 0 Å². The fourth-order valence-electron chi connectivity index (χ4n) is 2.64. The molecule has 0 aromatic heterocycles. The van der Waals surface area contributed by atoms with Crippen LogP contribution in [-0.4, -0.2) is 31.5 Å². The van der Waals surface area contributed by atoms with Gasteiger partial charge in [0.05, 0.1) is 54.1 Å². The summed E-state index contributed by atoms with van der Waals surface area (Å²) in [5.41, 5.74) is 2.38. The van der Waals surface area contributed by atoms with Crippen molar-refractivity contribution in [2.75, 3.05) is 0 Å². The van der Waals surface area contributed by atoms with Gasteiger partial charge in [-0.3, -0.25) is 50.0 Å². The van der Waals surface area contributed by atoms with Gasteiger partial charge in [-0.2, -0.15) is 0 Å². The van der Waals surface area contributed by atoms with Crippen LogP contribution in [0.2, 0.25) is 0 Å². The van der Waals surface area contributed by atoms with Crippen LogP contribution in [0.5, 0.6) is 0 Å². The molecule has 2 aromatic carbocycles. The van der Waals surface area contributed by atoms with Gasteiger partial charge in [-0.25, -0.2) is 0 Å². The van der Waals surface area contributed by atoms with E-state index in [0.29, 0.717) is 24.3 Å². The van der Waals surface area contributed by atoms with E-state index in [4.69, 9.17) is 11.5 Å². The zero-order valence-electron chi connectivity index (χ0n) is 14.3. The monoisotopic (exact) mass is 420 g/mol. The molecule has 0 atom stereocenters. The zero-order chi connectivity index (χ0) is 22.9. The zero-order valence-corrected chi connectivity index (χ0v) is 14.3. The standard InChI is InChI=1S/C14H8N6O10/c15-13(21)7-1-5(17(23)24)3-9(19(27)28)11(7)12-8(14(16)22)2-6(18(25)26)4-10(12)20(29)30/h1-4H,(H2,15,21)(H2,16,22). The van der Waals surface area contributed by atoms with E-state index in [1.165, 1.54) is 0 Å². The van der Waals surface area contributed by atoms with Crippen molar-refractivity contribution in [2.24, 2.45) is 11.5 Å². The van der Waals surface area contributed by atoms with Crippen LogP contribution in [0.15, 0.2) is 24.3 Å². The molecule has 0 saturated carbocycles. The van der Waals surface area contributed by atoms with Crippen LogP contribution in [0, 0.1) is 40.5 Å². The second-order valence-electron chi connectivity index (χ2n) is 5.53. The fourth-order valence-corrected chi connectivity index (χ4v) is 2.64. The lowest BCUT2D eigenvalue weighted by atomic mass is 9.90. The number of rotatable bonds is 7. The van der Waals surface area contributed by atoms with Gasteiger partial charge in [0.15, 0.2) is 0 Å². The third kappa shape index (κ3) is 3.67. The second kappa shape index (κ2) is 7.54. The summed E-state index contributed by atoms with van der Waals surface area (Å²) in [4.78, 5) is 64.3. The Kier molecular flexibility index (Phi) is 5.35. The average molecular weight is 420 g/mol. The van der Waals surface area contributed by atoms with Gasteiger partial charge >= 0.3 is 0 Å². The summed E-state index contributed by atoms with van der Waals surface area (Å²) in [7, 11) is 0. The molecule has 16 heteroatoms. The van der Waals surface area contributed by atoms with E-state index in [1.54, 1.807) is 0 Å². The van der Waals surface area contributed by atoms with Crippen molar-refractivity contribution < 1.29 is 29.3 Å². The van der Waals surface area contributed by atoms with Crippen LogP contribution < -0.4 is 11.5 Å². The van der Waals surface area contributed by atoms with Gasteiger partial charge < -0.3 is 11.5 Å². The van der Waals surface area contributed by atoms with Crippen molar-refractivity contribution in [3.05, 3.63) is 75.8 Å². The number of non-ortho nitro benzene ring substituents is 2. The number of carbonyl (C=O) groups is 2. The van der Waals surface area contributed by atoms with Crippen LogP contribution in [0.4, 0.5) is 22.7 Å². The molecule has 4 N–H and O–H groups in total. The molecule has 0 radical (unpaired) electrons. The largest absolute Gasteiger partial charge is 0.366 e. The van der Waals surface area contributed by atoms with Gasteiger partial charge in [0.25, 0.3) is 22.7 Å². The summed E-state index contributed by atoms with van der Waals surface area (Å²) in [6.45, 7) is 0. The lowest BCUT2D eigenvalue weighted by Gasteiger charge is -2.12. The number of primary amides is 2. The third-order valence-corrected chi connectivity index (χ3v) is 3.80. The number of carbonyl (C=O) groups excluding carboxylic acids is 2. The van der Waals surface area contributed by atoms with Crippen molar-refractivity contribution in [1.29, 1.82) is 0 Å². The Balaban J connectivity index is 3.21. The topological polar surface area (TPSA) is 259 Å². The molecule has 0 fully saturated rings. The predicted octanol–water partition coefficient (Wildman–Crippen LogP) is 1.18. The quantitative estimate of drug-likeness (QED) is 0.477. The number of amides is 2. The maximum absolute atomic E-state index is 11.9. The summed E-state index contributed by atoms with van der Waals surface area (Å²) in [5.74, 6) is -2.92. The maximum Gasteiger partial charge on any atom is 0.285 e. The number of nitrogens with zero attached hydrogens (tertiary/aromatic N) is 4. The molecule has 0 saturated heterocycles. The maximum atomic E-state index is 11.9. The number of nitrogens with two attached hydrogens (primary N) is 2. The first kappa shape index (κ1) is 21.3. The molecule has 16 nitrogen and oxygen atoms in total. The Bertz CT molecular complexity index is 1010. The second-order valence-corrected chi connectivity index (χ2v) is 5.53. The first-order chi connectivity index (χ1) is 13.9. The molecule has 2 amide bonds. The van der Waals surface area contributed by atoms with Crippen molar-refractivity contribution >= 4 is 34.6 Å².